The molecule has 0 fully saturated rings. The van der Waals surface area contributed by atoms with Gasteiger partial charge in [0.05, 0.1) is 12.1 Å². The molecule has 4 nitrogen and oxygen atoms in total. The van der Waals surface area contributed by atoms with Crippen molar-refractivity contribution < 1.29 is 9.21 Å². The van der Waals surface area contributed by atoms with Gasteiger partial charge in [-0.1, -0.05) is 0 Å². The maximum atomic E-state index is 12.2. The van der Waals surface area contributed by atoms with Crippen LogP contribution in [0.2, 0.25) is 0 Å². The number of hydrogen-bond acceptors (Lipinski definition) is 4. The fourth-order valence-electron chi connectivity index (χ4n) is 2.18. The number of anilines is 1. The number of aromatic nitrogens is 1. The van der Waals surface area contributed by atoms with Gasteiger partial charge in [0.1, 0.15) is 5.76 Å². The van der Waals surface area contributed by atoms with E-state index in [1.165, 1.54) is 11.3 Å². The van der Waals surface area contributed by atoms with Crippen molar-refractivity contribution in [2.75, 3.05) is 5.32 Å². The minimum Gasteiger partial charge on any atom is -0.459 e. The van der Waals surface area contributed by atoms with Crippen molar-refractivity contribution in [2.24, 2.45) is 0 Å². The molecule has 1 N–H and O–H groups in total. The summed E-state index contributed by atoms with van der Waals surface area (Å²) in [5.74, 6) is 1.53. The predicted molar refractivity (Wildman–Crippen MR) is 101 cm³/mol. The second-order valence-electron chi connectivity index (χ2n) is 5.24. The van der Waals surface area contributed by atoms with E-state index in [0.29, 0.717) is 0 Å². The average Bonchev–Trinajstić information content (AvgIpc) is 3.11. The van der Waals surface area contributed by atoms with E-state index >= 15 is 0 Å². The van der Waals surface area contributed by atoms with Crippen LogP contribution in [0.4, 0.5) is 5.69 Å². The molecule has 0 unspecified atom stereocenters. The van der Waals surface area contributed by atoms with Crippen molar-refractivity contribution in [3.8, 4) is 10.8 Å². The summed E-state index contributed by atoms with van der Waals surface area (Å²) in [7, 11) is 0. The predicted octanol–water partition coefficient (Wildman–Crippen LogP) is 4.81. The first-order valence-corrected chi connectivity index (χ1v) is 9.04. The van der Waals surface area contributed by atoms with E-state index in [-0.39, 0.29) is 12.3 Å². The van der Waals surface area contributed by atoms with Crippen molar-refractivity contribution in [3.05, 3.63) is 56.3 Å². The molecule has 0 atom stereocenters. The van der Waals surface area contributed by atoms with Gasteiger partial charge < -0.3 is 9.73 Å². The molecule has 118 valence electrons. The third kappa shape index (κ3) is 4.00. The normalized spacial score (nSPS) is 10.7. The van der Waals surface area contributed by atoms with Crippen LogP contribution in [0.5, 0.6) is 0 Å². The van der Waals surface area contributed by atoms with E-state index in [4.69, 9.17) is 4.42 Å². The van der Waals surface area contributed by atoms with E-state index in [9.17, 15) is 4.79 Å². The second-order valence-corrected chi connectivity index (χ2v) is 7.34. The quantitative estimate of drug-likeness (QED) is 0.596. The standard InChI is InChI=1S/C17H15IN2O2S/c1-10-7-12(18)4-5-14(10)20-16(21)8-13-9-23-17(19-13)15-6-3-11(2)22-15/h3-7,9H,8H2,1-2H3,(H,20,21). The molecule has 3 rings (SSSR count). The minimum atomic E-state index is -0.0678. The van der Waals surface area contributed by atoms with Crippen LogP contribution in [0.3, 0.4) is 0 Å². The summed E-state index contributed by atoms with van der Waals surface area (Å²) < 4.78 is 6.71. The molecule has 0 saturated heterocycles. The fourth-order valence-corrected chi connectivity index (χ4v) is 3.60. The molecular weight excluding hydrogens is 423 g/mol. The second kappa shape index (κ2) is 6.84. The van der Waals surface area contributed by atoms with Gasteiger partial charge in [0, 0.05) is 14.6 Å². The number of aryl methyl sites for hydroxylation is 2. The Balaban J connectivity index is 1.67. The lowest BCUT2D eigenvalue weighted by molar-refractivity contribution is -0.115. The summed E-state index contributed by atoms with van der Waals surface area (Å²) in [6, 6.07) is 9.74. The number of benzene rings is 1. The lowest BCUT2D eigenvalue weighted by Gasteiger charge is -2.07. The molecule has 1 aromatic carbocycles. The highest BCUT2D eigenvalue weighted by Gasteiger charge is 2.12. The number of furan rings is 1. The number of carbonyl (C=O) groups excluding carboxylic acids is 1. The molecule has 0 aliphatic heterocycles. The molecule has 2 aromatic heterocycles. The first-order valence-electron chi connectivity index (χ1n) is 7.08. The minimum absolute atomic E-state index is 0.0678. The third-order valence-corrected chi connectivity index (χ3v) is 4.88. The summed E-state index contributed by atoms with van der Waals surface area (Å²) in [6.45, 7) is 3.88. The van der Waals surface area contributed by atoms with Gasteiger partial charge >= 0.3 is 0 Å². The van der Waals surface area contributed by atoms with Crippen LogP contribution >= 0.6 is 33.9 Å². The number of amides is 1. The van der Waals surface area contributed by atoms with Gasteiger partial charge in [-0.25, -0.2) is 4.98 Å². The van der Waals surface area contributed by atoms with Crippen LogP contribution in [0.25, 0.3) is 10.8 Å². The smallest absolute Gasteiger partial charge is 0.230 e. The molecule has 1 amide bonds. The lowest BCUT2D eigenvalue weighted by atomic mass is 10.2. The number of halogens is 1. The van der Waals surface area contributed by atoms with Crippen molar-refractivity contribution in [2.45, 2.75) is 20.3 Å². The summed E-state index contributed by atoms with van der Waals surface area (Å²) in [5.41, 5.74) is 2.64. The van der Waals surface area contributed by atoms with Crippen LogP contribution in [-0.4, -0.2) is 10.9 Å². The molecule has 0 spiro atoms. The SMILES string of the molecule is Cc1ccc(-c2nc(CC(=O)Nc3ccc(I)cc3C)cs2)o1. The first-order chi connectivity index (χ1) is 11.0. The summed E-state index contributed by atoms with van der Waals surface area (Å²) in [6.07, 6.45) is 0.252. The first kappa shape index (κ1) is 16.2. The van der Waals surface area contributed by atoms with Crippen LogP contribution < -0.4 is 5.32 Å². The van der Waals surface area contributed by atoms with Crippen LogP contribution in [0.1, 0.15) is 17.0 Å². The number of nitrogens with zero attached hydrogens (tertiary/aromatic N) is 1. The van der Waals surface area contributed by atoms with Crippen LogP contribution in [-0.2, 0) is 11.2 Å². The molecule has 23 heavy (non-hydrogen) atoms. The highest BCUT2D eigenvalue weighted by Crippen LogP contribution is 2.26. The van der Waals surface area contributed by atoms with E-state index in [1.54, 1.807) is 0 Å². The van der Waals surface area contributed by atoms with Gasteiger partial charge in [-0.05, 0) is 72.3 Å². The molecule has 0 bridgehead atoms. The molecule has 0 radical (unpaired) electrons. The van der Waals surface area contributed by atoms with Gasteiger partial charge in [-0.3, -0.25) is 4.79 Å². The number of thiazole rings is 1. The van der Waals surface area contributed by atoms with Gasteiger partial charge in [-0.2, -0.15) is 0 Å². The molecule has 0 saturated carbocycles. The zero-order valence-electron chi connectivity index (χ0n) is 12.7. The Kier molecular flexibility index (Phi) is 4.82. The molecular formula is C17H15IN2O2S. The Morgan fingerprint density at radius 3 is 2.83 bits per heavy atom. The van der Waals surface area contributed by atoms with Crippen molar-refractivity contribution >= 4 is 45.5 Å². The number of hydrogen-bond donors (Lipinski definition) is 1. The molecule has 3 aromatic rings. The maximum Gasteiger partial charge on any atom is 0.230 e. The molecule has 2 heterocycles. The highest BCUT2D eigenvalue weighted by atomic mass is 127. The fraction of sp³-hybridized carbons (Fsp3) is 0.176. The Labute approximate surface area is 152 Å². The summed E-state index contributed by atoms with van der Waals surface area (Å²) in [5, 5.41) is 5.63. The van der Waals surface area contributed by atoms with Crippen molar-refractivity contribution in [3.63, 3.8) is 0 Å². The Bertz CT molecular complexity index is 854. The van der Waals surface area contributed by atoms with E-state index in [2.05, 4.69) is 32.9 Å². The molecule has 0 aliphatic rings. The van der Waals surface area contributed by atoms with Gasteiger partial charge in [0.25, 0.3) is 0 Å². The number of carbonyl (C=O) groups is 1. The maximum absolute atomic E-state index is 12.2. The van der Waals surface area contributed by atoms with E-state index in [1.807, 2.05) is 49.6 Å². The van der Waals surface area contributed by atoms with Crippen molar-refractivity contribution in [1.82, 2.24) is 4.98 Å². The number of rotatable bonds is 4. The zero-order valence-corrected chi connectivity index (χ0v) is 15.7. The van der Waals surface area contributed by atoms with E-state index < -0.39 is 0 Å². The van der Waals surface area contributed by atoms with Gasteiger partial charge in [0.15, 0.2) is 10.8 Å². The summed E-state index contributed by atoms with van der Waals surface area (Å²) >= 11 is 3.74. The summed E-state index contributed by atoms with van der Waals surface area (Å²) in [4.78, 5) is 16.7. The Hall–Kier alpha value is -1.67. The average molecular weight is 438 g/mol. The largest absolute Gasteiger partial charge is 0.459 e. The Morgan fingerprint density at radius 2 is 2.13 bits per heavy atom. The van der Waals surface area contributed by atoms with Crippen molar-refractivity contribution in [1.29, 1.82) is 0 Å². The Morgan fingerprint density at radius 1 is 1.30 bits per heavy atom. The van der Waals surface area contributed by atoms with Gasteiger partial charge in [-0.15, -0.1) is 11.3 Å². The zero-order chi connectivity index (χ0) is 16.4. The van der Waals surface area contributed by atoms with Crippen LogP contribution in [0, 0.1) is 17.4 Å². The van der Waals surface area contributed by atoms with E-state index in [0.717, 1.165) is 37.0 Å². The third-order valence-electron chi connectivity index (χ3n) is 3.31. The lowest BCUT2D eigenvalue weighted by Crippen LogP contribution is -2.15. The van der Waals surface area contributed by atoms with Gasteiger partial charge in [0.2, 0.25) is 5.91 Å². The monoisotopic (exact) mass is 438 g/mol. The highest BCUT2D eigenvalue weighted by molar-refractivity contribution is 14.1. The molecule has 0 aliphatic carbocycles. The van der Waals surface area contributed by atoms with Crippen LogP contribution in [0.15, 0.2) is 40.1 Å². The number of nitrogens with one attached hydrogen (secondary N) is 1. The molecule has 6 heteroatoms. The topological polar surface area (TPSA) is 55.1 Å².